The predicted molar refractivity (Wildman–Crippen MR) is 127 cm³/mol. The van der Waals surface area contributed by atoms with Crippen molar-refractivity contribution in [2.45, 2.75) is 0 Å². The van der Waals surface area contributed by atoms with Gasteiger partial charge in [0.05, 0.1) is 21.4 Å². The van der Waals surface area contributed by atoms with E-state index >= 15 is 0 Å². The van der Waals surface area contributed by atoms with Crippen LogP contribution in [0.5, 0.6) is 11.6 Å². The first-order valence-corrected chi connectivity index (χ1v) is 10.2. The van der Waals surface area contributed by atoms with Gasteiger partial charge in [0.25, 0.3) is 5.69 Å². The number of hydrogen-bond acceptors (Lipinski definition) is 6. The van der Waals surface area contributed by atoms with Crippen molar-refractivity contribution in [2.24, 2.45) is 0 Å². The number of benzene rings is 3. The lowest BCUT2D eigenvalue weighted by Gasteiger charge is -2.09. The van der Waals surface area contributed by atoms with Crippen molar-refractivity contribution in [3.63, 3.8) is 0 Å². The van der Waals surface area contributed by atoms with E-state index < -0.39 is 4.92 Å². The minimum atomic E-state index is -0.545. The normalized spacial score (nSPS) is 11.3. The Morgan fingerprint density at radius 3 is 2.48 bits per heavy atom. The first kappa shape index (κ1) is 21.9. The molecule has 162 valence electrons. The fourth-order valence-electron chi connectivity index (χ4n) is 3.09. The number of halogens is 1. The van der Waals surface area contributed by atoms with Crippen molar-refractivity contribution in [2.75, 3.05) is 0 Å². The van der Waals surface area contributed by atoms with Crippen LogP contribution >= 0.6 is 11.6 Å². The van der Waals surface area contributed by atoms with Crippen LogP contribution in [-0.4, -0.2) is 20.7 Å². The average Bonchev–Trinajstić information content (AvgIpc) is 2.83. The Hall–Kier alpha value is -4.36. The number of para-hydroxylation sites is 2. The quantitative estimate of drug-likeness (QED) is 0.184. The van der Waals surface area contributed by atoms with E-state index in [4.69, 9.17) is 16.3 Å². The zero-order chi connectivity index (χ0) is 23.2. The largest absolute Gasteiger partial charge is 0.438 e. The smallest absolute Gasteiger partial charge is 0.278 e. The molecule has 0 unspecified atom stereocenters. The van der Waals surface area contributed by atoms with Gasteiger partial charge in [-0.2, -0.15) is 0 Å². The number of carbonyl (C=O) groups excluding carboxylic acids is 1. The number of nitro benzene ring substituents is 1. The first-order valence-electron chi connectivity index (χ1n) is 9.82. The Bertz CT molecular complexity index is 1410. The van der Waals surface area contributed by atoms with Crippen LogP contribution in [0.3, 0.4) is 0 Å². The molecule has 0 aliphatic rings. The molecule has 0 saturated heterocycles. The minimum Gasteiger partial charge on any atom is -0.438 e. The Morgan fingerprint density at radius 1 is 0.939 bits per heavy atom. The topological polar surface area (TPSA) is 95.2 Å². The van der Waals surface area contributed by atoms with E-state index in [1.165, 1.54) is 42.8 Å². The van der Waals surface area contributed by atoms with Gasteiger partial charge in [0, 0.05) is 16.7 Å². The van der Waals surface area contributed by atoms with Gasteiger partial charge in [0.1, 0.15) is 12.1 Å². The summed E-state index contributed by atoms with van der Waals surface area (Å²) < 4.78 is 6.02. The van der Waals surface area contributed by atoms with Crippen molar-refractivity contribution in [1.82, 2.24) is 9.97 Å². The summed E-state index contributed by atoms with van der Waals surface area (Å²) in [7, 11) is 0. The van der Waals surface area contributed by atoms with Crippen LogP contribution in [0.2, 0.25) is 5.02 Å². The molecule has 0 saturated carbocycles. The third-order valence-electron chi connectivity index (χ3n) is 4.68. The second-order valence-electron chi connectivity index (χ2n) is 6.87. The molecule has 33 heavy (non-hydrogen) atoms. The Labute approximate surface area is 193 Å². The van der Waals surface area contributed by atoms with E-state index in [-0.39, 0.29) is 22.1 Å². The number of hydrogen-bond donors (Lipinski definition) is 0. The van der Waals surface area contributed by atoms with Crippen LogP contribution in [-0.2, 0) is 4.79 Å². The molecular formula is C25H16ClN3O4. The van der Waals surface area contributed by atoms with E-state index in [1.807, 2.05) is 36.4 Å². The monoisotopic (exact) mass is 457 g/mol. The molecule has 1 heterocycles. The number of ether oxygens (including phenoxy) is 1. The van der Waals surface area contributed by atoms with E-state index in [2.05, 4.69) is 9.97 Å². The highest BCUT2D eigenvalue weighted by Gasteiger charge is 2.12. The fourth-order valence-corrected chi connectivity index (χ4v) is 3.26. The summed E-state index contributed by atoms with van der Waals surface area (Å²) in [5.41, 5.74) is 1.53. The zero-order valence-corrected chi connectivity index (χ0v) is 17.8. The minimum absolute atomic E-state index is 0.175. The van der Waals surface area contributed by atoms with Crippen LogP contribution in [0.4, 0.5) is 5.69 Å². The van der Waals surface area contributed by atoms with Gasteiger partial charge >= 0.3 is 0 Å². The van der Waals surface area contributed by atoms with Gasteiger partial charge in [-0.15, -0.1) is 0 Å². The molecular weight excluding hydrogens is 442 g/mol. The molecule has 0 amide bonds. The van der Waals surface area contributed by atoms with Crippen LogP contribution in [0.25, 0.3) is 23.1 Å². The predicted octanol–water partition coefficient (Wildman–Crippen LogP) is 6.28. The molecule has 0 aliphatic carbocycles. The summed E-state index contributed by atoms with van der Waals surface area (Å²) in [4.78, 5) is 31.5. The summed E-state index contributed by atoms with van der Waals surface area (Å²) >= 11 is 5.82. The molecule has 4 aromatic rings. The number of fused-ring (bicyclic) bond motifs is 1. The fraction of sp³-hybridized carbons (Fsp3) is 0. The third kappa shape index (κ3) is 5.28. The molecule has 1 aromatic heterocycles. The molecule has 4 rings (SSSR count). The molecule has 0 fully saturated rings. The molecule has 3 aromatic carbocycles. The number of carbonyl (C=O) groups is 1. The summed E-state index contributed by atoms with van der Waals surface area (Å²) in [5.74, 6) is 0.576. The molecule has 7 nitrogen and oxygen atoms in total. The number of aromatic nitrogens is 2. The molecule has 0 aliphatic heterocycles. The van der Waals surface area contributed by atoms with Crippen molar-refractivity contribution < 1.29 is 14.5 Å². The van der Waals surface area contributed by atoms with Crippen molar-refractivity contribution >= 4 is 46.1 Å². The van der Waals surface area contributed by atoms with Gasteiger partial charge < -0.3 is 4.74 Å². The molecule has 0 spiro atoms. The standard InChI is InChI=1S/C25H16ClN3O4/c26-19-12-9-17(23(15-19)29(31)32)10-13-20(30)14-11-18-5-1-4-8-24(18)33-25-21-6-2-3-7-22(21)27-16-28-25/h1-16H. The number of nitrogens with zero attached hydrogens (tertiary/aromatic N) is 3. The summed E-state index contributed by atoms with van der Waals surface area (Å²) in [6.07, 6.45) is 7.05. The lowest BCUT2D eigenvalue weighted by atomic mass is 10.1. The van der Waals surface area contributed by atoms with Crippen LogP contribution in [0.15, 0.2) is 85.2 Å². The van der Waals surface area contributed by atoms with Gasteiger partial charge in [-0.3, -0.25) is 14.9 Å². The molecule has 0 radical (unpaired) electrons. The van der Waals surface area contributed by atoms with Gasteiger partial charge in [-0.1, -0.05) is 41.9 Å². The van der Waals surface area contributed by atoms with Crippen LogP contribution in [0.1, 0.15) is 11.1 Å². The highest BCUT2D eigenvalue weighted by Crippen LogP contribution is 2.29. The number of allylic oxidation sites excluding steroid dienone is 2. The maximum absolute atomic E-state index is 12.4. The highest BCUT2D eigenvalue weighted by molar-refractivity contribution is 6.30. The number of ketones is 1. The maximum atomic E-state index is 12.4. The molecule has 0 N–H and O–H groups in total. The summed E-state index contributed by atoms with van der Waals surface area (Å²) in [5, 5.41) is 12.2. The van der Waals surface area contributed by atoms with Crippen molar-refractivity contribution in [3.05, 3.63) is 111 Å². The lowest BCUT2D eigenvalue weighted by molar-refractivity contribution is -0.385. The van der Waals surface area contributed by atoms with E-state index in [0.29, 0.717) is 17.2 Å². The Balaban J connectivity index is 1.54. The Kier molecular flexibility index (Phi) is 6.52. The van der Waals surface area contributed by atoms with Crippen LogP contribution in [0, 0.1) is 10.1 Å². The second-order valence-corrected chi connectivity index (χ2v) is 7.30. The first-order chi connectivity index (χ1) is 16.0. The van der Waals surface area contributed by atoms with Crippen molar-refractivity contribution in [1.29, 1.82) is 0 Å². The van der Waals surface area contributed by atoms with Gasteiger partial charge in [0.2, 0.25) is 5.88 Å². The lowest BCUT2D eigenvalue weighted by Crippen LogP contribution is -1.93. The number of rotatable bonds is 7. The van der Waals surface area contributed by atoms with Gasteiger partial charge in [0.15, 0.2) is 5.78 Å². The van der Waals surface area contributed by atoms with Crippen molar-refractivity contribution in [3.8, 4) is 11.6 Å². The van der Waals surface area contributed by atoms with E-state index in [0.717, 1.165) is 10.9 Å². The Morgan fingerprint density at radius 2 is 1.67 bits per heavy atom. The second kappa shape index (κ2) is 9.84. The maximum Gasteiger partial charge on any atom is 0.278 e. The number of nitro groups is 1. The van der Waals surface area contributed by atoms with E-state index in [9.17, 15) is 14.9 Å². The summed E-state index contributed by atoms with van der Waals surface area (Å²) in [6, 6.07) is 19.0. The molecule has 8 heteroatoms. The van der Waals surface area contributed by atoms with E-state index in [1.54, 1.807) is 18.2 Å². The average molecular weight is 458 g/mol. The third-order valence-corrected chi connectivity index (χ3v) is 4.91. The highest BCUT2D eigenvalue weighted by atomic mass is 35.5. The van der Waals surface area contributed by atoms with Crippen LogP contribution < -0.4 is 4.74 Å². The zero-order valence-electron chi connectivity index (χ0n) is 17.1. The molecule has 0 atom stereocenters. The SMILES string of the molecule is O=C(C=Cc1ccccc1Oc1ncnc2ccccc12)C=Cc1ccc(Cl)cc1[N+](=O)[O-]. The molecule has 0 bridgehead atoms. The summed E-state index contributed by atoms with van der Waals surface area (Å²) in [6.45, 7) is 0. The van der Waals surface area contributed by atoms with Gasteiger partial charge in [-0.25, -0.2) is 9.97 Å². The van der Waals surface area contributed by atoms with Gasteiger partial charge in [-0.05, 0) is 54.6 Å².